The summed E-state index contributed by atoms with van der Waals surface area (Å²) < 4.78 is 10.3. The summed E-state index contributed by atoms with van der Waals surface area (Å²) in [6, 6.07) is 0. The Hall–Kier alpha value is -0.560. The van der Waals surface area contributed by atoms with Crippen molar-refractivity contribution < 1.29 is 19.4 Å². The van der Waals surface area contributed by atoms with Gasteiger partial charge in [-0.15, -0.1) is 12.4 Å². The number of carbonyl (C=O) groups is 1. The molecule has 1 saturated heterocycles. The van der Waals surface area contributed by atoms with Gasteiger partial charge >= 0.3 is 6.09 Å². The van der Waals surface area contributed by atoms with Crippen LogP contribution in [0.1, 0.15) is 20.8 Å². The van der Waals surface area contributed by atoms with Crippen molar-refractivity contribution in [2.45, 2.75) is 33.0 Å². The van der Waals surface area contributed by atoms with Gasteiger partial charge < -0.3 is 19.5 Å². The van der Waals surface area contributed by atoms with E-state index in [0.29, 0.717) is 32.8 Å². The molecule has 1 N–H and O–H groups in total. The molecular formula is C13H27ClN2O4. The largest absolute Gasteiger partial charge is 0.450 e. The Morgan fingerprint density at radius 2 is 1.85 bits per heavy atom. The molecule has 0 aromatic rings. The SMILES string of the molecule is CCOC(=O)N1CCN(CC(O)COC(C)C)CC1.Cl. The fourth-order valence-electron chi connectivity index (χ4n) is 1.98. The van der Waals surface area contributed by atoms with Crippen molar-refractivity contribution in [3.8, 4) is 0 Å². The van der Waals surface area contributed by atoms with Crippen molar-refractivity contribution in [1.82, 2.24) is 9.80 Å². The van der Waals surface area contributed by atoms with E-state index in [1.54, 1.807) is 11.8 Å². The average Bonchev–Trinajstić information content (AvgIpc) is 2.37. The zero-order valence-corrected chi connectivity index (χ0v) is 13.4. The van der Waals surface area contributed by atoms with E-state index in [1.165, 1.54) is 0 Å². The van der Waals surface area contributed by atoms with Gasteiger partial charge in [-0.05, 0) is 20.8 Å². The number of aliphatic hydroxyl groups is 1. The van der Waals surface area contributed by atoms with Crippen molar-refractivity contribution in [2.24, 2.45) is 0 Å². The Labute approximate surface area is 127 Å². The number of aliphatic hydroxyl groups excluding tert-OH is 1. The van der Waals surface area contributed by atoms with E-state index in [2.05, 4.69) is 4.90 Å². The number of amides is 1. The molecule has 7 heteroatoms. The Morgan fingerprint density at radius 3 is 2.35 bits per heavy atom. The minimum atomic E-state index is -0.475. The van der Waals surface area contributed by atoms with Crippen molar-refractivity contribution in [1.29, 1.82) is 0 Å². The second kappa shape index (κ2) is 10.2. The lowest BCUT2D eigenvalue weighted by Crippen LogP contribution is -2.51. The second-order valence-electron chi connectivity index (χ2n) is 5.02. The molecule has 1 unspecified atom stereocenters. The van der Waals surface area contributed by atoms with E-state index in [0.717, 1.165) is 13.1 Å². The highest BCUT2D eigenvalue weighted by Crippen LogP contribution is 2.05. The van der Waals surface area contributed by atoms with Gasteiger partial charge in [-0.3, -0.25) is 4.90 Å². The van der Waals surface area contributed by atoms with Crippen LogP contribution in [0, 0.1) is 0 Å². The molecule has 0 aromatic heterocycles. The molecule has 0 aliphatic carbocycles. The number of hydrogen-bond acceptors (Lipinski definition) is 5. The van der Waals surface area contributed by atoms with Crippen molar-refractivity contribution >= 4 is 18.5 Å². The van der Waals surface area contributed by atoms with E-state index in [4.69, 9.17) is 9.47 Å². The van der Waals surface area contributed by atoms with Gasteiger partial charge in [0, 0.05) is 32.7 Å². The number of ether oxygens (including phenoxy) is 2. The first-order chi connectivity index (χ1) is 9.02. The third-order valence-corrected chi connectivity index (χ3v) is 2.99. The number of hydrogen-bond donors (Lipinski definition) is 1. The Bertz CT molecular complexity index is 271. The number of halogens is 1. The predicted molar refractivity (Wildman–Crippen MR) is 79.4 cm³/mol. The normalized spacial score (nSPS) is 17.8. The quantitative estimate of drug-likeness (QED) is 0.792. The van der Waals surface area contributed by atoms with Crippen LogP contribution in [0.3, 0.4) is 0 Å². The molecule has 120 valence electrons. The minimum Gasteiger partial charge on any atom is -0.450 e. The summed E-state index contributed by atoms with van der Waals surface area (Å²) in [5, 5.41) is 9.84. The zero-order chi connectivity index (χ0) is 14.3. The molecule has 0 radical (unpaired) electrons. The monoisotopic (exact) mass is 310 g/mol. The Kier molecular flexibility index (Phi) is 9.92. The highest BCUT2D eigenvalue weighted by molar-refractivity contribution is 5.85. The van der Waals surface area contributed by atoms with Gasteiger partial charge in [-0.1, -0.05) is 0 Å². The van der Waals surface area contributed by atoms with Crippen LogP contribution in [0.5, 0.6) is 0 Å². The van der Waals surface area contributed by atoms with E-state index >= 15 is 0 Å². The summed E-state index contributed by atoms with van der Waals surface area (Å²) >= 11 is 0. The standard InChI is InChI=1S/C13H26N2O4.ClH/c1-4-18-13(17)15-7-5-14(6-8-15)9-12(16)10-19-11(2)3;/h11-12,16H,4-10H2,1-3H3;1H. The van der Waals surface area contributed by atoms with Gasteiger partial charge in [0.05, 0.1) is 25.4 Å². The smallest absolute Gasteiger partial charge is 0.409 e. The maximum Gasteiger partial charge on any atom is 0.409 e. The first kappa shape index (κ1) is 19.4. The van der Waals surface area contributed by atoms with E-state index in [1.807, 2.05) is 13.8 Å². The second-order valence-corrected chi connectivity index (χ2v) is 5.02. The lowest BCUT2D eigenvalue weighted by atomic mass is 10.2. The number of nitrogens with zero attached hydrogens (tertiary/aromatic N) is 2. The van der Waals surface area contributed by atoms with Gasteiger partial charge in [0.2, 0.25) is 0 Å². The molecule has 1 heterocycles. The topological polar surface area (TPSA) is 62.2 Å². The highest BCUT2D eigenvalue weighted by Gasteiger charge is 2.23. The van der Waals surface area contributed by atoms with Crippen LogP contribution in [0.4, 0.5) is 4.79 Å². The van der Waals surface area contributed by atoms with Crippen LogP contribution >= 0.6 is 12.4 Å². The number of carbonyl (C=O) groups excluding carboxylic acids is 1. The molecule has 1 aliphatic rings. The van der Waals surface area contributed by atoms with Gasteiger partial charge in [0.25, 0.3) is 0 Å². The minimum absolute atomic E-state index is 0. The van der Waals surface area contributed by atoms with Crippen LogP contribution in [0.25, 0.3) is 0 Å². The molecule has 1 fully saturated rings. The number of rotatable bonds is 6. The van der Waals surface area contributed by atoms with Crippen LogP contribution in [-0.2, 0) is 9.47 Å². The van der Waals surface area contributed by atoms with Gasteiger partial charge in [0.15, 0.2) is 0 Å². The molecule has 1 aliphatic heterocycles. The summed E-state index contributed by atoms with van der Waals surface area (Å²) in [6.45, 7) is 9.88. The van der Waals surface area contributed by atoms with Crippen molar-refractivity contribution in [3.05, 3.63) is 0 Å². The van der Waals surface area contributed by atoms with Crippen molar-refractivity contribution in [3.63, 3.8) is 0 Å². The fourth-order valence-corrected chi connectivity index (χ4v) is 1.98. The lowest BCUT2D eigenvalue weighted by Gasteiger charge is -2.34. The predicted octanol–water partition coefficient (Wildman–Crippen LogP) is 0.968. The maximum absolute atomic E-state index is 11.5. The third-order valence-electron chi connectivity index (χ3n) is 2.99. The summed E-state index contributed by atoms with van der Waals surface area (Å²) in [5.41, 5.74) is 0. The van der Waals surface area contributed by atoms with Crippen LogP contribution in [0.2, 0.25) is 0 Å². The van der Waals surface area contributed by atoms with Crippen LogP contribution in [-0.4, -0.2) is 79.1 Å². The van der Waals surface area contributed by atoms with Crippen molar-refractivity contribution in [2.75, 3.05) is 45.9 Å². The fraction of sp³-hybridized carbons (Fsp3) is 0.923. The van der Waals surface area contributed by atoms with Gasteiger partial charge in [-0.2, -0.15) is 0 Å². The molecule has 0 spiro atoms. The molecule has 1 atom stereocenters. The van der Waals surface area contributed by atoms with E-state index < -0.39 is 6.10 Å². The Balaban J connectivity index is 0.00000361. The molecule has 0 saturated carbocycles. The summed E-state index contributed by atoms with van der Waals surface area (Å²) in [5.74, 6) is 0. The van der Waals surface area contributed by atoms with Crippen LogP contribution < -0.4 is 0 Å². The van der Waals surface area contributed by atoms with E-state index in [-0.39, 0.29) is 24.6 Å². The van der Waals surface area contributed by atoms with Gasteiger partial charge in [0.1, 0.15) is 0 Å². The summed E-state index contributed by atoms with van der Waals surface area (Å²) in [6.07, 6.45) is -0.585. The molecule has 6 nitrogen and oxygen atoms in total. The van der Waals surface area contributed by atoms with Crippen LogP contribution in [0.15, 0.2) is 0 Å². The van der Waals surface area contributed by atoms with E-state index in [9.17, 15) is 9.90 Å². The molecular weight excluding hydrogens is 284 g/mol. The summed E-state index contributed by atoms with van der Waals surface area (Å²) in [4.78, 5) is 15.4. The molecule has 0 aromatic carbocycles. The summed E-state index contributed by atoms with van der Waals surface area (Å²) in [7, 11) is 0. The average molecular weight is 311 g/mol. The molecule has 20 heavy (non-hydrogen) atoms. The highest BCUT2D eigenvalue weighted by atomic mass is 35.5. The van der Waals surface area contributed by atoms with Gasteiger partial charge in [-0.25, -0.2) is 4.79 Å². The molecule has 0 bridgehead atoms. The number of piperazine rings is 1. The number of β-amino-alcohol motifs (C(OH)–C–C–N with tert-alkyl or cyclic N) is 1. The molecule has 1 rings (SSSR count). The zero-order valence-electron chi connectivity index (χ0n) is 12.6. The maximum atomic E-state index is 11.5. The first-order valence-corrected chi connectivity index (χ1v) is 6.96. The third kappa shape index (κ3) is 7.28. The lowest BCUT2D eigenvalue weighted by molar-refractivity contribution is -0.0144. The Morgan fingerprint density at radius 1 is 1.25 bits per heavy atom. The molecule has 1 amide bonds. The first-order valence-electron chi connectivity index (χ1n) is 6.96.